The van der Waals surface area contributed by atoms with E-state index in [1.807, 2.05) is 29.2 Å². The van der Waals surface area contributed by atoms with E-state index < -0.39 is 10.8 Å². The topological polar surface area (TPSA) is 53.5 Å². The quantitative estimate of drug-likeness (QED) is 0.754. The van der Waals surface area contributed by atoms with E-state index in [0.717, 1.165) is 24.8 Å². The molecule has 4 rings (SSSR count). The molecule has 5 nitrogen and oxygen atoms in total. The van der Waals surface area contributed by atoms with E-state index in [0.29, 0.717) is 38.0 Å². The molecule has 2 fully saturated rings. The fourth-order valence-electron chi connectivity index (χ4n) is 5.49. The highest BCUT2D eigenvalue weighted by Gasteiger charge is 2.51. The van der Waals surface area contributed by atoms with Crippen LogP contribution < -0.4 is 0 Å². The van der Waals surface area contributed by atoms with E-state index in [9.17, 15) is 14.0 Å². The number of piperidine rings is 1. The maximum atomic E-state index is 14.1. The van der Waals surface area contributed by atoms with Gasteiger partial charge in [-0.3, -0.25) is 14.6 Å². The third kappa shape index (κ3) is 3.73. The normalized spacial score (nSPS) is 22.9. The van der Waals surface area contributed by atoms with Crippen LogP contribution in [0.1, 0.15) is 49.8 Å². The van der Waals surface area contributed by atoms with Gasteiger partial charge in [0.1, 0.15) is 11.2 Å². The Labute approximate surface area is 183 Å². The monoisotopic (exact) mass is 423 g/mol. The van der Waals surface area contributed by atoms with Crippen molar-refractivity contribution in [3.8, 4) is 0 Å². The highest BCUT2D eigenvalue weighted by atomic mass is 19.1. The number of nitrogens with zero attached hydrogens (tertiary/aromatic N) is 3. The molecule has 1 saturated carbocycles. The number of amides is 2. The van der Waals surface area contributed by atoms with E-state index in [4.69, 9.17) is 0 Å². The number of hydrogen-bond donors (Lipinski definition) is 0. The molecule has 31 heavy (non-hydrogen) atoms. The summed E-state index contributed by atoms with van der Waals surface area (Å²) in [7, 11) is 3.50. The van der Waals surface area contributed by atoms with Gasteiger partial charge in [-0.2, -0.15) is 0 Å². The second-order valence-electron chi connectivity index (χ2n) is 9.13. The largest absolute Gasteiger partial charge is 0.348 e. The Morgan fingerprint density at radius 3 is 2.39 bits per heavy atom. The van der Waals surface area contributed by atoms with Crippen molar-refractivity contribution in [3.05, 3.63) is 65.7 Å². The molecule has 0 N–H and O–H groups in total. The highest BCUT2D eigenvalue weighted by molar-refractivity contribution is 5.92. The Morgan fingerprint density at radius 1 is 1.00 bits per heavy atom. The number of carbonyl (C=O) groups excluding carboxylic acids is 2. The minimum absolute atomic E-state index is 0.0159. The summed E-state index contributed by atoms with van der Waals surface area (Å²) in [6.45, 7) is 0.905. The predicted molar refractivity (Wildman–Crippen MR) is 117 cm³/mol. The second-order valence-corrected chi connectivity index (χ2v) is 9.13. The Kier molecular flexibility index (Phi) is 5.82. The van der Waals surface area contributed by atoms with Crippen LogP contribution in [0.3, 0.4) is 0 Å². The number of aromatic nitrogens is 1. The fourth-order valence-corrected chi connectivity index (χ4v) is 5.49. The highest BCUT2D eigenvalue weighted by Crippen LogP contribution is 2.44. The maximum absolute atomic E-state index is 14.1. The van der Waals surface area contributed by atoms with Crippen LogP contribution in [0.25, 0.3) is 0 Å². The van der Waals surface area contributed by atoms with Gasteiger partial charge >= 0.3 is 0 Å². The lowest BCUT2D eigenvalue weighted by molar-refractivity contribution is -0.145. The summed E-state index contributed by atoms with van der Waals surface area (Å²) in [6, 6.07) is 12.1. The van der Waals surface area contributed by atoms with E-state index in [1.165, 1.54) is 12.1 Å². The van der Waals surface area contributed by atoms with Gasteiger partial charge in [-0.05, 0) is 55.5 Å². The zero-order valence-corrected chi connectivity index (χ0v) is 18.3. The molecule has 164 valence electrons. The molecule has 2 aromatic rings. The van der Waals surface area contributed by atoms with Gasteiger partial charge in [0.25, 0.3) is 0 Å². The first-order valence-corrected chi connectivity index (χ1v) is 11.1. The van der Waals surface area contributed by atoms with Crippen molar-refractivity contribution in [3.63, 3.8) is 0 Å². The van der Waals surface area contributed by atoms with Gasteiger partial charge in [-0.15, -0.1) is 0 Å². The molecule has 1 aromatic carbocycles. The van der Waals surface area contributed by atoms with Crippen molar-refractivity contribution in [1.29, 1.82) is 0 Å². The molecule has 1 atom stereocenters. The van der Waals surface area contributed by atoms with E-state index in [-0.39, 0.29) is 17.6 Å². The number of likely N-dealkylation sites (tertiary alicyclic amines) is 1. The van der Waals surface area contributed by atoms with Crippen molar-refractivity contribution < 1.29 is 14.0 Å². The van der Waals surface area contributed by atoms with Crippen molar-refractivity contribution >= 4 is 11.8 Å². The fraction of sp³-hybridized carbons (Fsp3) is 0.480. The molecule has 1 saturated heterocycles. The number of likely N-dealkylation sites (N-methyl/N-ethyl adjacent to an activating group) is 1. The molecule has 1 aliphatic carbocycles. The van der Waals surface area contributed by atoms with Gasteiger partial charge in [0.15, 0.2) is 0 Å². The average molecular weight is 424 g/mol. The van der Waals surface area contributed by atoms with Crippen LogP contribution in [-0.2, 0) is 20.4 Å². The molecular weight excluding hydrogens is 393 g/mol. The smallest absolute Gasteiger partial charge is 0.236 e. The number of carbonyl (C=O) groups is 2. The maximum Gasteiger partial charge on any atom is 0.236 e. The molecule has 2 aliphatic rings. The zero-order chi connectivity index (χ0) is 22.1. The van der Waals surface area contributed by atoms with E-state index in [1.54, 1.807) is 31.3 Å². The number of rotatable bonds is 4. The number of pyridine rings is 1. The Balaban J connectivity index is 1.72. The van der Waals surface area contributed by atoms with E-state index in [2.05, 4.69) is 4.98 Å². The van der Waals surface area contributed by atoms with E-state index >= 15 is 0 Å². The van der Waals surface area contributed by atoms with Crippen molar-refractivity contribution in [2.45, 2.75) is 49.4 Å². The first-order valence-electron chi connectivity index (χ1n) is 11.1. The zero-order valence-electron chi connectivity index (χ0n) is 18.3. The average Bonchev–Trinajstić information content (AvgIpc) is 3.30. The minimum atomic E-state index is -0.861. The lowest BCUT2D eigenvalue weighted by Gasteiger charge is -2.45. The summed E-state index contributed by atoms with van der Waals surface area (Å²) in [5.74, 6) is -0.335. The molecule has 0 radical (unpaired) electrons. The van der Waals surface area contributed by atoms with Gasteiger partial charge < -0.3 is 9.80 Å². The molecule has 0 spiro atoms. The summed E-state index contributed by atoms with van der Waals surface area (Å²) < 4.78 is 14.1. The van der Waals surface area contributed by atoms with Crippen LogP contribution in [0.15, 0.2) is 48.7 Å². The SMILES string of the molecule is CN(C)C(=O)C1(c2ccccn2)CCCN(C(=O)C2(c3cccc(F)c3)CCCC2)C1. The Hall–Kier alpha value is -2.76. The molecule has 1 unspecified atom stereocenters. The van der Waals surface area contributed by atoms with Crippen molar-refractivity contribution in [1.82, 2.24) is 14.8 Å². The van der Waals surface area contributed by atoms with Gasteiger partial charge in [0, 0.05) is 33.4 Å². The summed E-state index contributed by atoms with van der Waals surface area (Å²) in [5.41, 5.74) is -0.114. The summed E-state index contributed by atoms with van der Waals surface area (Å²) in [4.78, 5) is 35.4. The Bertz CT molecular complexity index is 956. The van der Waals surface area contributed by atoms with Crippen LogP contribution in [0.5, 0.6) is 0 Å². The third-order valence-electron chi connectivity index (χ3n) is 6.99. The number of halogens is 1. The van der Waals surface area contributed by atoms with Gasteiger partial charge in [-0.1, -0.05) is 31.0 Å². The lowest BCUT2D eigenvalue weighted by atomic mass is 9.73. The number of benzene rings is 1. The van der Waals surface area contributed by atoms with Crippen LogP contribution >= 0.6 is 0 Å². The van der Waals surface area contributed by atoms with Crippen LogP contribution in [0.4, 0.5) is 4.39 Å². The van der Waals surface area contributed by atoms with Crippen LogP contribution in [-0.4, -0.2) is 53.8 Å². The molecule has 2 amide bonds. The number of hydrogen-bond acceptors (Lipinski definition) is 3. The standard InChI is InChI=1S/C25H30FN3O2/c1-28(2)22(30)25(21-11-3-6-15-27-21)14-8-16-29(18-25)23(31)24(12-4-5-13-24)19-9-7-10-20(26)17-19/h3,6-7,9-11,15,17H,4-5,8,12-14,16,18H2,1-2H3. The van der Waals surface area contributed by atoms with Crippen molar-refractivity contribution in [2.24, 2.45) is 0 Å². The molecule has 2 heterocycles. The Morgan fingerprint density at radius 2 is 1.74 bits per heavy atom. The molecule has 1 aromatic heterocycles. The second kappa shape index (κ2) is 8.40. The van der Waals surface area contributed by atoms with Gasteiger partial charge in [-0.25, -0.2) is 4.39 Å². The third-order valence-corrected chi connectivity index (χ3v) is 6.99. The van der Waals surface area contributed by atoms with Gasteiger partial charge in [0.05, 0.1) is 11.1 Å². The first kappa shape index (κ1) is 21.5. The van der Waals surface area contributed by atoms with Crippen LogP contribution in [0.2, 0.25) is 0 Å². The minimum Gasteiger partial charge on any atom is -0.348 e. The lowest BCUT2D eigenvalue weighted by Crippen LogP contribution is -2.58. The summed E-state index contributed by atoms with van der Waals surface area (Å²) in [6.07, 6.45) is 6.38. The first-order chi connectivity index (χ1) is 14.9. The molecule has 6 heteroatoms. The summed E-state index contributed by atoms with van der Waals surface area (Å²) in [5, 5.41) is 0. The molecular formula is C25H30FN3O2. The molecule has 0 bridgehead atoms. The summed E-state index contributed by atoms with van der Waals surface area (Å²) >= 11 is 0. The molecule has 1 aliphatic heterocycles. The van der Waals surface area contributed by atoms with Gasteiger partial charge in [0.2, 0.25) is 11.8 Å². The van der Waals surface area contributed by atoms with Crippen molar-refractivity contribution in [2.75, 3.05) is 27.2 Å². The predicted octanol–water partition coefficient (Wildman–Crippen LogP) is 3.68. The van der Waals surface area contributed by atoms with Crippen LogP contribution in [0, 0.1) is 5.82 Å².